The van der Waals surface area contributed by atoms with E-state index >= 15 is 0 Å². The van der Waals surface area contributed by atoms with Crippen molar-refractivity contribution in [1.29, 1.82) is 0 Å². The molecule has 7 N–H and O–H groups in total. The van der Waals surface area contributed by atoms with Gasteiger partial charge >= 0.3 is 34.5 Å². The summed E-state index contributed by atoms with van der Waals surface area (Å²) in [7, 11) is -9.82. The van der Waals surface area contributed by atoms with Crippen LogP contribution in [0.4, 0.5) is 0 Å². The Morgan fingerprint density at radius 3 is 1.95 bits per heavy atom. The molecule has 0 saturated carbocycles. The SMILES string of the molecule is O=P(O)(O)OC[C@H]1O[C@](O)(COP(=O)(O)O)[C@H](O)C1O.[Li+]. The van der Waals surface area contributed by atoms with Crippen molar-refractivity contribution in [3.63, 3.8) is 0 Å². The fourth-order valence-electron chi connectivity index (χ4n) is 1.47. The number of aliphatic hydroxyl groups is 3. The van der Waals surface area contributed by atoms with Gasteiger partial charge in [-0.1, -0.05) is 0 Å². The quantitative estimate of drug-likeness (QED) is 0.177. The molecule has 0 aliphatic carbocycles. The summed E-state index contributed by atoms with van der Waals surface area (Å²) in [6.07, 6.45) is -5.38. The summed E-state index contributed by atoms with van der Waals surface area (Å²) >= 11 is 0. The molecule has 1 unspecified atom stereocenters. The van der Waals surface area contributed by atoms with Crippen molar-refractivity contribution < 1.29 is 76.7 Å². The minimum absolute atomic E-state index is 0. The zero-order valence-corrected chi connectivity index (χ0v) is 12.5. The van der Waals surface area contributed by atoms with Crippen LogP contribution in [0.15, 0.2) is 0 Å². The third-order valence-corrected chi connectivity index (χ3v) is 3.32. The van der Waals surface area contributed by atoms with E-state index in [0.717, 1.165) is 0 Å². The minimum Gasteiger partial charge on any atom is -0.387 e. The van der Waals surface area contributed by atoms with E-state index in [-0.39, 0.29) is 18.9 Å². The van der Waals surface area contributed by atoms with E-state index < -0.39 is 53.0 Å². The van der Waals surface area contributed by atoms with E-state index in [2.05, 4.69) is 13.8 Å². The first-order valence-electron chi connectivity index (χ1n) is 5.00. The van der Waals surface area contributed by atoms with E-state index in [1.807, 2.05) is 0 Å². The van der Waals surface area contributed by atoms with Gasteiger partial charge in [0.1, 0.15) is 24.9 Å². The number of phosphoric acid groups is 2. The summed E-state index contributed by atoms with van der Waals surface area (Å²) in [5, 5.41) is 28.8. The van der Waals surface area contributed by atoms with E-state index in [1.165, 1.54) is 0 Å². The fraction of sp³-hybridized carbons (Fsp3) is 1.00. The molecule has 1 fully saturated rings. The average Bonchev–Trinajstić information content (AvgIpc) is 2.48. The molecule has 0 aromatic heterocycles. The summed E-state index contributed by atoms with van der Waals surface area (Å²) in [5.74, 6) is -2.66. The molecule has 120 valence electrons. The average molecular weight is 347 g/mol. The van der Waals surface area contributed by atoms with Crippen LogP contribution in [0.2, 0.25) is 0 Å². The molecule has 0 radical (unpaired) electrons. The third kappa shape index (κ3) is 6.74. The largest absolute Gasteiger partial charge is 1.00 e. The third-order valence-electron chi connectivity index (χ3n) is 2.37. The van der Waals surface area contributed by atoms with Crippen LogP contribution in [0.5, 0.6) is 0 Å². The first-order chi connectivity index (χ1) is 8.84. The number of ether oxygens (including phenoxy) is 1. The number of aliphatic hydroxyl groups excluding tert-OH is 2. The molecule has 0 spiro atoms. The van der Waals surface area contributed by atoms with Crippen LogP contribution >= 0.6 is 15.6 Å². The van der Waals surface area contributed by atoms with Gasteiger partial charge in [0.05, 0.1) is 6.61 Å². The van der Waals surface area contributed by atoms with Crippen molar-refractivity contribution in [3.8, 4) is 0 Å². The molecule has 0 bridgehead atoms. The molecule has 21 heavy (non-hydrogen) atoms. The molecule has 0 aromatic carbocycles. The normalized spacial score (nSPS) is 33.8. The van der Waals surface area contributed by atoms with Gasteiger partial charge < -0.3 is 39.6 Å². The second-order valence-electron chi connectivity index (χ2n) is 3.99. The fourth-order valence-corrected chi connectivity index (χ4v) is 2.17. The van der Waals surface area contributed by atoms with Crippen molar-refractivity contribution in [2.75, 3.05) is 13.2 Å². The van der Waals surface area contributed by atoms with Gasteiger partial charge in [-0.2, -0.15) is 0 Å². The zero-order valence-electron chi connectivity index (χ0n) is 10.7. The zero-order chi connectivity index (χ0) is 15.8. The van der Waals surface area contributed by atoms with Crippen LogP contribution in [0.25, 0.3) is 0 Å². The van der Waals surface area contributed by atoms with Gasteiger partial charge in [0.15, 0.2) is 0 Å². The Kier molecular flexibility index (Phi) is 7.72. The van der Waals surface area contributed by atoms with Gasteiger partial charge in [0.25, 0.3) is 0 Å². The Balaban J connectivity index is 0.00000400. The number of phosphoric ester groups is 2. The topological polar surface area (TPSA) is 203 Å². The molecule has 1 aliphatic rings. The second-order valence-corrected chi connectivity index (χ2v) is 6.47. The molecule has 1 aliphatic heterocycles. The maximum atomic E-state index is 10.5. The van der Waals surface area contributed by atoms with Gasteiger partial charge in [-0.3, -0.25) is 9.05 Å². The molecule has 12 nitrogen and oxygen atoms in total. The molecule has 1 saturated heterocycles. The molecule has 0 amide bonds. The molecule has 4 atom stereocenters. The predicted octanol–water partition coefficient (Wildman–Crippen LogP) is -5.98. The number of rotatable bonds is 6. The monoisotopic (exact) mass is 347 g/mol. The summed E-state index contributed by atoms with van der Waals surface area (Å²) in [6.45, 7) is -2.05. The van der Waals surface area contributed by atoms with Crippen molar-refractivity contribution >= 4 is 15.6 Å². The maximum absolute atomic E-state index is 10.5. The molecule has 1 heterocycles. The predicted molar refractivity (Wildman–Crippen MR) is 57.8 cm³/mol. The van der Waals surface area contributed by atoms with E-state index in [1.54, 1.807) is 0 Å². The van der Waals surface area contributed by atoms with Gasteiger partial charge in [0, 0.05) is 0 Å². The molecular formula is C6H14LiO12P2+. The first-order valence-corrected chi connectivity index (χ1v) is 8.07. The Labute approximate surface area is 130 Å². The summed E-state index contributed by atoms with van der Waals surface area (Å²) in [5.41, 5.74) is 0. The Morgan fingerprint density at radius 1 is 1.05 bits per heavy atom. The van der Waals surface area contributed by atoms with Crippen molar-refractivity contribution in [2.45, 2.75) is 24.1 Å². The van der Waals surface area contributed by atoms with Crippen LogP contribution in [0, 0.1) is 0 Å². The number of hydrogen-bond donors (Lipinski definition) is 7. The Hall–Kier alpha value is 0.657. The van der Waals surface area contributed by atoms with Crippen LogP contribution in [-0.4, -0.2) is 72.2 Å². The minimum atomic E-state index is -4.96. The van der Waals surface area contributed by atoms with Crippen LogP contribution in [-0.2, 0) is 22.9 Å². The Morgan fingerprint density at radius 2 is 1.52 bits per heavy atom. The number of hydrogen-bond acceptors (Lipinski definition) is 8. The van der Waals surface area contributed by atoms with E-state index in [4.69, 9.17) is 19.6 Å². The van der Waals surface area contributed by atoms with Crippen molar-refractivity contribution in [2.24, 2.45) is 0 Å². The first kappa shape index (κ1) is 21.7. The smallest absolute Gasteiger partial charge is 0.387 e. The van der Waals surface area contributed by atoms with Crippen molar-refractivity contribution in [1.82, 2.24) is 0 Å². The molecule has 0 aromatic rings. The second kappa shape index (κ2) is 7.48. The summed E-state index contributed by atoms with van der Waals surface area (Å²) < 4.78 is 33.6. The molecule has 15 heteroatoms. The van der Waals surface area contributed by atoms with Gasteiger partial charge in [-0.25, -0.2) is 9.13 Å². The van der Waals surface area contributed by atoms with Crippen LogP contribution in [0.3, 0.4) is 0 Å². The van der Waals surface area contributed by atoms with Crippen LogP contribution < -0.4 is 18.9 Å². The standard InChI is InChI=1S/C6H14O12P2.Li/c7-4-3(1-16-19(10,11)12)18-6(9,5(4)8)2-17-20(13,14)15;/h3-5,7-9H,1-2H2,(H2,10,11,12)(H2,13,14,15);/q;+1/t3-,4?,5-,6-;/m1./s1. The van der Waals surface area contributed by atoms with E-state index in [0.29, 0.717) is 0 Å². The molecular weight excluding hydrogens is 333 g/mol. The maximum Gasteiger partial charge on any atom is 1.00 e. The van der Waals surface area contributed by atoms with Gasteiger partial charge in [0.2, 0.25) is 5.79 Å². The summed E-state index contributed by atoms with van der Waals surface area (Å²) in [6, 6.07) is 0. The van der Waals surface area contributed by atoms with Crippen molar-refractivity contribution in [3.05, 3.63) is 0 Å². The molecule has 1 rings (SSSR count). The van der Waals surface area contributed by atoms with Crippen LogP contribution in [0.1, 0.15) is 0 Å². The van der Waals surface area contributed by atoms with Gasteiger partial charge in [-0.05, 0) is 0 Å². The van der Waals surface area contributed by atoms with E-state index in [9.17, 15) is 24.4 Å². The Bertz CT molecular complexity index is 433. The van der Waals surface area contributed by atoms with Gasteiger partial charge in [-0.15, -0.1) is 0 Å². The summed E-state index contributed by atoms with van der Waals surface area (Å²) in [4.78, 5) is 33.9.